The highest BCUT2D eigenvalue weighted by Crippen LogP contribution is 2.06. The molecule has 0 aliphatic heterocycles. The highest BCUT2D eigenvalue weighted by molar-refractivity contribution is 7.80. The fraction of sp³-hybridized carbons (Fsp3) is 0.833. The van der Waals surface area contributed by atoms with Gasteiger partial charge in [0.2, 0.25) is 0 Å². The van der Waals surface area contributed by atoms with Crippen LogP contribution in [0.5, 0.6) is 0 Å². The molecule has 0 spiro atoms. The second kappa shape index (κ2) is 5.16. The van der Waals surface area contributed by atoms with Gasteiger partial charge in [0.15, 0.2) is 0 Å². The lowest BCUT2D eigenvalue weighted by atomic mass is 10.1. The van der Waals surface area contributed by atoms with Gasteiger partial charge in [-0.25, -0.2) is 0 Å². The molecule has 1 atom stereocenters. The zero-order valence-electron chi connectivity index (χ0n) is 5.13. The van der Waals surface area contributed by atoms with Gasteiger partial charge in [0, 0.05) is 6.42 Å². The maximum absolute atomic E-state index is 9.90. The van der Waals surface area contributed by atoms with Crippen LogP contribution in [0.2, 0.25) is 0 Å². The Morgan fingerprint density at radius 3 is 2.50 bits per heavy atom. The van der Waals surface area contributed by atoms with E-state index in [9.17, 15) is 4.79 Å². The molecular formula is C6H12OS. The molecule has 0 N–H and O–H groups in total. The summed E-state index contributed by atoms with van der Waals surface area (Å²) in [6.45, 7) is 2.07. The van der Waals surface area contributed by atoms with Crippen molar-refractivity contribution in [3.05, 3.63) is 0 Å². The van der Waals surface area contributed by atoms with Crippen LogP contribution in [0.25, 0.3) is 0 Å². The molecule has 2 heteroatoms. The van der Waals surface area contributed by atoms with E-state index in [0.717, 1.165) is 18.5 Å². The Hall–Kier alpha value is 0.0200. The molecule has 0 aliphatic rings. The van der Waals surface area contributed by atoms with Gasteiger partial charge in [-0.05, 0) is 11.7 Å². The SMILES string of the molecule is CCC(CS)CC=O. The van der Waals surface area contributed by atoms with Crippen LogP contribution in [0.1, 0.15) is 19.8 Å². The molecule has 0 aromatic carbocycles. The van der Waals surface area contributed by atoms with Gasteiger partial charge in [-0.1, -0.05) is 13.3 Å². The van der Waals surface area contributed by atoms with Gasteiger partial charge in [0.05, 0.1) is 0 Å². The first-order valence-corrected chi connectivity index (χ1v) is 3.52. The van der Waals surface area contributed by atoms with Crippen molar-refractivity contribution in [3.63, 3.8) is 0 Å². The van der Waals surface area contributed by atoms with Crippen LogP contribution in [0.4, 0.5) is 0 Å². The van der Waals surface area contributed by atoms with E-state index < -0.39 is 0 Å². The van der Waals surface area contributed by atoms with Crippen molar-refractivity contribution >= 4 is 18.9 Å². The molecule has 0 bridgehead atoms. The minimum absolute atomic E-state index is 0.496. The third-order valence-electron chi connectivity index (χ3n) is 1.27. The van der Waals surface area contributed by atoms with Gasteiger partial charge in [0.25, 0.3) is 0 Å². The molecule has 1 nitrogen and oxygen atoms in total. The van der Waals surface area contributed by atoms with E-state index in [1.807, 2.05) is 0 Å². The van der Waals surface area contributed by atoms with E-state index in [0.29, 0.717) is 12.3 Å². The summed E-state index contributed by atoms with van der Waals surface area (Å²) in [4.78, 5) is 9.90. The Bertz CT molecular complexity index is 59.5. The van der Waals surface area contributed by atoms with Crippen LogP contribution < -0.4 is 0 Å². The van der Waals surface area contributed by atoms with Gasteiger partial charge in [0.1, 0.15) is 6.29 Å². The van der Waals surface area contributed by atoms with Crippen molar-refractivity contribution in [2.75, 3.05) is 5.75 Å². The van der Waals surface area contributed by atoms with Crippen molar-refractivity contribution in [1.82, 2.24) is 0 Å². The second-order valence-corrected chi connectivity index (χ2v) is 2.22. The molecule has 0 fully saturated rings. The smallest absolute Gasteiger partial charge is 0.120 e. The van der Waals surface area contributed by atoms with Crippen molar-refractivity contribution in [2.24, 2.45) is 5.92 Å². The molecule has 0 rings (SSSR count). The molecule has 0 amide bonds. The van der Waals surface area contributed by atoms with Crippen molar-refractivity contribution < 1.29 is 4.79 Å². The van der Waals surface area contributed by atoms with Crippen LogP contribution >= 0.6 is 12.6 Å². The van der Waals surface area contributed by atoms with Crippen LogP contribution in [-0.4, -0.2) is 12.0 Å². The number of aldehydes is 1. The molecule has 0 aliphatic carbocycles. The van der Waals surface area contributed by atoms with Crippen LogP contribution in [-0.2, 0) is 4.79 Å². The quantitative estimate of drug-likeness (QED) is 0.453. The summed E-state index contributed by atoms with van der Waals surface area (Å²) in [5.41, 5.74) is 0. The molecule has 8 heavy (non-hydrogen) atoms. The minimum atomic E-state index is 0.496. The van der Waals surface area contributed by atoms with Crippen LogP contribution in [0.15, 0.2) is 0 Å². The minimum Gasteiger partial charge on any atom is -0.303 e. The van der Waals surface area contributed by atoms with Crippen LogP contribution in [0, 0.1) is 5.92 Å². The third kappa shape index (κ3) is 3.08. The Balaban J connectivity index is 3.20. The zero-order chi connectivity index (χ0) is 6.41. The maximum Gasteiger partial charge on any atom is 0.120 e. The first-order chi connectivity index (χ1) is 3.85. The number of hydrogen-bond donors (Lipinski definition) is 1. The lowest BCUT2D eigenvalue weighted by Crippen LogP contribution is -1.99. The normalized spacial score (nSPS) is 13.2. The average Bonchev–Trinajstić information content (AvgIpc) is 1.83. The summed E-state index contributed by atoms with van der Waals surface area (Å²) in [6, 6.07) is 0. The monoisotopic (exact) mass is 132 g/mol. The topological polar surface area (TPSA) is 17.1 Å². The molecule has 0 aromatic rings. The van der Waals surface area contributed by atoms with E-state index in [-0.39, 0.29) is 0 Å². The highest BCUT2D eigenvalue weighted by atomic mass is 32.1. The Morgan fingerprint density at radius 2 is 2.38 bits per heavy atom. The standard InChI is InChI=1S/C6H12OS/c1-2-6(5-8)3-4-7/h4,6,8H,2-3,5H2,1H3. The van der Waals surface area contributed by atoms with E-state index in [2.05, 4.69) is 19.6 Å². The lowest BCUT2D eigenvalue weighted by molar-refractivity contribution is -0.108. The molecular weight excluding hydrogens is 120 g/mol. The summed E-state index contributed by atoms with van der Waals surface area (Å²) in [7, 11) is 0. The second-order valence-electron chi connectivity index (χ2n) is 1.86. The van der Waals surface area contributed by atoms with Gasteiger partial charge < -0.3 is 4.79 Å². The first kappa shape index (κ1) is 8.02. The first-order valence-electron chi connectivity index (χ1n) is 2.89. The Morgan fingerprint density at radius 1 is 1.75 bits per heavy atom. The van der Waals surface area contributed by atoms with Gasteiger partial charge in [-0.3, -0.25) is 0 Å². The molecule has 1 unspecified atom stereocenters. The number of carbonyl (C=O) groups is 1. The summed E-state index contributed by atoms with van der Waals surface area (Å²) in [5.74, 6) is 1.32. The summed E-state index contributed by atoms with van der Waals surface area (Å²) >= 11 is 4.07. The summed E-state index contributed by atoms with van der Waals surface area (Å²) in [5, 5.41) is 0. The Kier molecular flexibility index (Phi) is 5.18. The highest BCUT2D eigenvalue weighted by Gasteiger charge is 1.99. The van der Waals surface area contributed by atoms with Gasteiger partial charge in [-0.2, -0.15) is 12.6 Å². The van der Waals surface area contributed by atoms with Crippen LogP contribution in [0.3, 0.4) is 0 Å². The number of thiol groups is 1. The largest absolute Gasteiger partial charge is 0.303 e. The predicted molar refractivity (Wildman–Crippen MR) is 38.3 cm³/mol. The number of rotatable bonds is 4. The molecule has 0 radical (unpaired) electrons. The third-order valence-corrected chi connectivity index (χ3v) is 1.78. The predicted octanol–water partition coefficient (Wildman–Crippen LogP) is 1.53. The van der Waals surface area contributed by atoms with Gasteiger partial charge >= 0.3 is 0 Å². The number of hydrogen-bond acceptors (Lipinski definition) is 2. The van der Waals surface area contributed by atoms with E-state index in [1.165, 1.54) is 0 Å². The fourth-order valence-corrected chi connectivity index (χ4v) is 0.914. The van der Waals surface area contributed by atoms with Gasteiger partial charge in [-0.15, -0.1) is 0 Å². The summed E-state index contributed by atoms with van der Waals surface area (Å²) < 4.78 is 0. The average molecular weight is 132 g/mol. The van der Waals surface area contributed by atoms with Crippen molar-refractivity contribution in [1.29, 1.82) is 0 Å². The van der Waals surface area contributed by atoms with E-state index in [4.69, 9.17) is 0 Å². The van der Waals surface area contributed by atoms with E-state index >= 15 is 0 Å². The molecule has 0 aromatic heterocycles. The summed E-state index contributed by atoms with van der Waals surface area (Å²) in [6.07, 6.45) is 2.69. The molecule has 0 heterocycles. The fourth-order valence-electron chi connectivity index (χ4n) is 0.506. The van der Waals surface area contributed by atoms with Crippen molar-refractivity contribution in [2.45, 2.75) is 19.8 Å². The Labute approximate surface area is 55.9 Å². The molecule has 0 saturated heterocycles. The lowest BCUT2D eigenvalue weighted by Gasteiger charge is -2.04. The van der Waals surface area contributed by atoms with E-state index in [1.54, 1.807) is 0 Å². The number of carbonyl (C=O) groups excluding carboxylic acids is 1. The molecule has 0 saturated carbocycles. The molecule has 48 valence electrons. The van der Waals surface area contributed by atoms with Crippen molar-refractivity contribution in [3.8, 4) is 0 Å². The zero-order valence-corrected chi connectivity index (χ0v) is 6.03. The maximum atomic E-state index is 9.90.